The van der Waals surface area contributed by atoms with Crippen molar-refractivity contribution in [1.29, 1.82) is 0 Å². The van der Waals surface area contributed by atoms with E-state index in [1.165, 1.54) is 33.4 Å². The van der Waals surface area contributed by atoms with E-state index in [0.717, 1.165) is 29.4 Å². The first-order valence-corrected chi connectivity index (χ1v) is 15.2. The Labute approximate surface area is 275 Å². The third-order valence-electron chi connectivity index (χ3n) is 7.79. The number of alkyl halides is 3. The number of aromatic nitrogens is 3. The number of nitrogens with one attached hydrogen (secondary N) is 1. The third-order valence-corrected chi connectivity index (χ3v) is 7.79. The van der Waals surface area contributed by atoms with E-state index in [2.05, 4.69) is 20.3 Å². The number of methoxy groups -OCH3 is 2. The van der Waals surface area contributed by atoms with Gasteiger partial charge in [-0.05, 0) is 32.4 Å². The summed E-state index contributed by atoms with van der Waals surface area (Å²) in [6.07, 6.45) is -0.572. The second kappa shape index (κ2) is 14.9. The molecular formula is C33H37F3N6O6. The number of carboxylic acids is 1. The van der Waals surface area contributed by atoms with Crippen LogP contribution in [0.5, 0.6) is 17.4 Å². The minimum atomic E-state index is -4.70. The smallest absolute Gasteiger partial charge is 0.435 e. The van der Waals surface area contributed by atoms with Gasteiger partial charge in [-0.3, -0.25) is 4.90 Å². The molecule has 2 N–H and O–H groups in total. The average Bonchev–Trinajstić information content (AvgIpc) is 3.46. The van der Waals surface area contributed by atoms with E-state index < -0.39 is 17.8 Å². The summed E-state index contributed by atoms with van der Waals surface area (Å²) in [6.45, 7) is 6.86. The van der Waals surface area contributed by atoms with Gasteiger partial charge in [0.25, 0.3) is 0 Å². The molecule has 0 atom stereocenters. The minimum absolute atomic E-state index is 0.0403. The molecule has 1 fully saturated rings. The summed E-state index contributed by atoms with van der Waals surface area (Å²) in [5, 5.41) is 17.3. The standard InChI is InChI=1S/C33H37F3N6O6/c1-20-5-6-29(38-23-16-24(45-3)18-25(17-23)46-4)39-30(42-21(2)14-28(40-42)33(34,35)36)26(13-20)22-15-27(32(43)44)31(37-19-22)48-12-9-41-7-10-47-11-8-41/h13-19H,5-12H2,1-4H3,(H,38,39)(H,43,44). The van der Waals surface area contributed by atoms with Crippen LogP contribution >= 0.6 is 0 Å². The van der Waals surface area contributed by atoms with Crippen LogP contribution < -0.4 is 19.5 Å². The molecule has 5 rings (SSSR count). The zero-order valence-corrected chi connectivity index (χ0v) is 27.1. The Morgan fingerprint density at radius 2 is 1.75 bits per heavy atom. The summed E-state index contributed by atoms with van der Waals surface area (Å²) in [6, 6.07) is 7.49. The first-order chi connectivity index (χ1) is 22.9. The number of hydrogen-bond donors (Lipinski definition) is 2. The van der Waals surface area contributed by atoms with Gasteiger partial charge >= 0.3 is 12.1 Å². The van der Waals surface area contributed by atoms with Crippen LogP contribution in [0.1, 0.15) is 47.1 Å². The molecule has 4 heterocycles. The quantitative estimate of drug-likeness (QED) is 0.281. The summed E-state index contributed by atoms with van der Waals surface area (Å²) in [5.74, 6) is 0.162. The Kier molecular flexibility index (Phi) is 10.7. The molecule has 1 saturated heterocycles. The fraction of sp³-hybridized carbons (Fsp3) is 0.394. The Balaban J connectivity index is 1.61. The fourth-order valence-electron chi connectivity index (χ4n) is 5.24. The number of carboxylic acid groups (broad SMARTS) is 1. The topological polar surface area (TPSA) is 133 Å². The summed E-state index contributed by atoms with van der Waals surface area (Å²) in [7, 11) is 3.04. The number of benzene rings is 1. The molecule has 0 saturated carbocycles. The van der Waals surface area contributed by atoms with Crippen molar-refractivity contribution in [2.75, 3.05) is 59.0 Å². The molecule has 48 heavy (non-hydrogen) atoms. The third kappa shape index (κ3) is 8.33. The molecule has 0 amide bonds. The van der Waals surface area contributed by atoms with Gasteiger partial charge in [0, 0.05) is 73.0 Å². The second-order valence-corrected chi connectivity index (χ2v) is 11.3. The highest BCUT2D eigenvalue weighted by atomic mass is 19.4. The average molecular weight is 671 g/mol. The van der Waals surface area contributed by atoms with Crippen molar-refractivity contribution in [3.63, 3.8) is 0 Å². The number of halogens is 3. The van der Waals surface area contributed by atoms with Gasteiger partial charge in [0.05, 0.1) is 27.4 Å². The van der Waals surface area contributed by atoms with Crippen LogP contribution in [-0.2, 0) is 10.9 Å². The van der Waals surface area contributed by atoms with Crippen molar-refractivity contribution in [2.24, 2.45) is 4.99 Å². The summed E-state index contributed by atoms with van der Waals surface area (Å²) in [5.41, 5.74) is 0.946. The number of aromatic carboxylic acids is 1. The molecule has 0 radical (unpaired) electrons. The van der Waals surface area contributed by atoms with Crippen LogP contribution in [0, 0.1) is 6.92 Å². The summed E-state index contributed by atoms with van der Waals surface area (Å²) in [4.78, 5) is 23.7. The number of hydrogen-bond acceptors (Lipinski definition) is 10. The number of morpholine rings is 1. The lowest BCUT2D eigenvalue weighted by Crippen LogP contribution is -2.38. The zero-order valence-electron chi connectivity index (χ0n) is 27.1. The predicted octanol–water partition coefficient (Wildman–Crippen LogP) is 5.61. The molecule has 0 bridgehead atoms. The van der Waals surface area contributed by atoms with Gasteiger partial charge in [-0.1, -0.05) is 11.6 Å². The number of nitrogens with zero attached hydrogens (tertiary/aromatic N) is 5. The van der Waals surface area contributed by atoms with Gasteiger partial charge in [-0.25, -0.2) is 19.5 Å². The monoisotopic (exact) mass is 670 g/mol. The zero-order chi connectivity index (χ0) is 34.4. The molecule has 256 valence electrons. The normalized spacial score (nSPS) is 16.1. The number of pyridine rings is 1. The first-order valence-electron chi connectivity index (χ1n) is 15.2. The molecule has 2 aromatic heterocycles. The van der Waals surface area contributed by atoms with Crippen molar-refractivity contribution >= 4 is 28.9 Å². The SMILES string of the molecule is COc1cc(NC2=NC(n3nc(C(F)(F)F)cc3C)=C(c3cnc(OCCN4CCOCC4)c(C(=O)O)c3)C=C(C)CC2)cc(OC)c1. The Hall–Kier alpha value is -4.89. The molecule has 2 aliphatic rings. The van der Waals surface area contributed by atoms with E-state index >= 15 is 0 Å². The van der Waals surface area contributed by atoms with E-state index in [0.29, 0.717) is 66.8 Å². The van der Waals surface area contributed by atoms with Crippen LogP contribution in [0.4, 0.5) is 18.9 Å². The number of ether oxygens (including phenoxy) is 4. The van der Waals surface area contributed by atoms with Gasteiger partial charge < -0.3 is 29.4 Å². The van der Waals surface area contributed by atoms with E-state index in [4.69, 9.17) is 23.9 Å². The van der Waals surface area contributed by atoms with Gasteiger partial charge in [0.1, 0.15) is 29.5 Å². The number of aryl methyl sites for hydroxylation is 1. The van der Waals surface area contributed by atoms with Gasteiger partial charge in [0.2, 0.25) is 5.88 Å². The number of rotatable bonds is 10. The maximum absolute atomic E-state index is 13.8. The first kappa shape index (κ1) is 34.4. The summed E-state index contributed by atoms with van der Waals surface area (Å²) < 4.78 is 64.5. The molecule has 1 aromatic carbocycles. The van der Waals surface area contributed by atoms with Crippen LogP contribution in [0.25, 0.3) is 11.4 Å². The molecule has 0 spiro atoms. The largest absolute Gasteiger partial charge is 0.497 e. The van der Waals surface area contributed by atoms with E-state index in [9.17, 15) is 23.1 Å². The Bertz CT molecular complexity index is 1720. The highest BCUT2D eigenvalue weighted by molar-refractivity contribution is 6.02. The highest BCUT2D eigenvalue weighted by Gasteiger charge is 2.35. The predicted molar refractivity (Wildman–Crippen MR) is 173 cm³/mol. The maximum atomic E-state index is 13.8. The number of allylic oxidation sites excluding steroid dienone is 3. The lowest BCUT2D eigenvalue weighted by Gasteiger charge is -2.26. The van der Waals surface area contributed by atoms with E-state index in [-0.39, 0.29) is 29.6 Å². The number of amidine groups is 1. The molecular weight excluding hydrogens is 633 g/mol. The van der Waals surface area contributed by atoms with Crippen molar-refractivity contribution in [3.05, 3.63) is 70.7 Å². The Morgan fingerprint density at radius 1 is 1.04 bits per heavy atom. The lowest BCUT2D eigenvalue weighted by molar-refractivity contribution is -0.141. The van der Waals surface area contributed by atoms with Gasteiger partial charge in [-0.2, -0.15) is 18.3 Å². The van der Waals surface area contributed by atoms with Crippen LogP contribution in [-0.4, -0.2) is 90.3 Å². The van der Waals surface area contributed by atoms with Crippen LogP contribution in [0.3, 0.4) is 0 Å². The molecule has 3 aromatic rings. The molecule has 0 aliphatic carbocycles. The fourth-order valence-corrected chi connectivity index (χ4v) is 5.24. The Morgan fingerprint density at radius 3 is 2.38 bits per heavy atom. The van der Waals surface area contributed by atoms with Crippen molar-refractivity contribution in [2.45, 2.75) is 32.9 Å². The van der Waals surface area contributed by atoms with E-state index in [1.54, 1.807) is 24.3 Å². The maximum Gasteiger partial charge on any atom is 0.435 e. The van der Waals surface area contributed by atoms with E-state index in [1.807, 2.05) is 6.92 Å². The van der Waals surface area contributed by atoms with Gasteiger partial charge in [-0.15, -0.1) is 0 Å². The molecule has 2 aliphatic heterocycles. The number of anilines is 1. The summed E-state index contributed by atoms with van der Waals surface area (Å²) >= 11 is 0. The second-order valence-electron chi connectivity index (χ2n) is 11.3. The molecule has 0 unspecified atom stereocenters. The number of carbonyl (C=O) groups is 1. The van der Waals surface area contributed by atoms with Crippen molar-refractivity contribution in [3.8, 4) is 17.4 Å². The van der Waals surface area contributed by atoms with Crippen molar-refractivity contribution < 1.29 is 42.0 Å². The molecule has 12 nitrogen and oxygen atoms in total. The van der Waals surface area contributed by atoms with Crippen molar-refractivity contribution in [1.82, 2.24) is 19.7 Å². The van der Waals surface area contributed by atoms with Crippen LogP contribution in [0.2, 0.25) is 0 Å². The lowest BCUT2D eigenvalue weighted by atomic mass is 9.99. The van der Waals surface area contributed by atoms with Gasteiger partial charge in [0.15, 0.2) is 11.5 Å². The number of aliphatic imine (C=N–C) groups is 1. The molecule has 15 heteroatoms. The minimum Gasteiger partial charge on any atom is -0.497 e. The highest BCUT2D eigenvalue weighted by Crippen LogP contribution is 2.35. The van der Waals surface area contributed by atoms with Crippen LogP contribution in [0.15, 0.2) is 53.2 Å².